The Bertz CT molecular complexity index is 286. The van der Waals surface area contributed by atoms with Gasteiger partial charge in [-0.15, -0.1) is 0 Å². The maximum absolute atomic E-state index is 12.8. The molecule has 2 N–H and O–H groups in total. The largest absolute Gasteiger partial charge is 0.392 e. The molecule has 2 atom stereocenters. The zero-order chi connectivity index (χ0) is 9.47. The molecule has 2 rings (SSSR count). The van der Waals surface area contributed by atoms with E-state index in [9.17, 15) is 13.9 Å². The summed E-state index contributed by atoms with van der Waals surface area (Å²) in [5.41, 5.74) is 0.657. The number of halogens is 2. The molecule has 0 aromatic carbocycles. The zero-order valence-electron chi connectivity index (χ0n) is 6.87. The number of nitrogens with one attached hydrogen (secondary N) is 1. The first-order valence-corrected chi connectivity index (χ1v) is 4.13. The number of hydrogen-bond acceptors (Lipinski definition) is 2. The highest BCUT2D eigenvalue weighted by molar-refractivity contribution is 5.16. The second-order valence-electron chi connectivity index (χ2n) is 3.47. The summed E-state index contributed by atoms with van der Waals surface area (Å²) in [6, 6.07) is 0. The number of aliphatic hydroxyl groups is 1. The maximum atomic E-state index is 12.8. The van der Waals surface area contributed by atoms with E-state index >= 15 is 0 Å². The first-order valence-electron chi connectivity index (χ1n) is 4.13. The Balaban J connectivity index is 2.19. The summed E-state index contributed by atoms with van der Waals surface area (Å²) in [7, 11) is 0. The fourth-order valence-electron chi connectivity index (χ4n) is 1.79. The third kappa shape index (κ3) is 1.56. The van der Waals surface area contributed by atoms with Crippen molar-refractivity contribution in [1.29, 1.82) is 0 Å². The monoisotopic (exact) mass is 188 g/mol. The normalized spacial score (nSPS) is 32.2. The third-order valence-corrected chi connectivity index (χ3v) is 2.44. The Morgan fingerprint density at radius 3 is 2.77 bits per heavy atom. The highest BCUT2D eigenvalue weighted by atomic mass is 19.3. The van der Waals surface area contributed by atoms with Gasteiger partial charge in [0.05, 0.1) is 12.3 Å². The van der Waals surface area contributed by atoms with Crippen LogP contribution in [0.2, 0.25) is 0 Å². The Kier molecular flexibility index (Phi) is 1.83. The van der Waals surface area contributed by atoms with Crippen molar-refractivity contribution in [3.05, 3.63) is 18.0 Å². The number of H-pyrrole nitrogens is 1. The molecule has 0 spiro atoms. The molecule has 0 radical (unpaired) electrons. The standard InChI is InChI=1S/C8H10F2N2O/c9-8(10)1-6(7(13)2-8)5-3-11-12-4-5/h3-4,6-7,13H,1-2H2,(H,11,12). The first-order chi connectivity index (χ1) is 6.08. The Hall–Kier alpha value is -0.970. The van der Waals surface area contributed by atoms with Crippen LogP contribution in [-0.2, 0) is 0 Å². The summed E-state index contributed by atoms with van der Waals surface area (Å²) < 4.78 is 25.7. The van der Waals surface area contributed by atoms with E-state index in [0.29, 0.717) is 5.56 Å². The lowest BCUT2D eigenvalue weighted by molar-refractivity contribution is -0.00358. The van der Waals surface area contributed by atoms with Gasteiger partial charge < -0.3 is 5.11 Å². The molecule has 1 fully saturated rings. The van der Waals surface area contributed by atoms with Crippen molar-refractivity contribution in [2.24, 2.45) is 0 Å². The predicted octanol–water partition coefficient (Wildman–Crippen LogP) is 1.28. The molecule has 0 saturated heterocycles. The van der Waals surface area contributed by atoms with Crippen molar-refractivity contribution in [2.75, 3.05) is 0 Å². The topological polar surface area (TPSA) is 48.9 Å². The average molecular weight is 188 g/mol. The minimum Gasteiger partial charge on any atom is -0.392 e. The Morgan fingerprint density at radius 2 is 2.31 bits per heavy atom. The fraction of sp³-hybridized carbons (Fsp3) is 0.625. The lowest BCUT2D eigenvalue weighted by atomic mass is 9.99. The van der Waals surface area contributed by atoms with Gasteiger partial charge in [0, 0.05) is 25.0 Å². The summed E-state index contributed by atoms with van der Waals surface area (Å²) in [6.45, 7) is 0. The number of aromatic amines is 1. The van der Waals surface area contributed by atoms with Crippen molar-refractivity contribution in [1.82, 2.24) is 10.2 Å². The average Bonchev–Trinajstić information content (AvgIpc) is 2.56. The number of nitrogens with zero attached hydrogens (tertiary/aromatic N) is 1. The second kappa shape index (κ2) is 2.77. The van der Waals surface area contributed by atoms with E-state index in [2.05, 4.69) is 10.2 Å². The molecular weight excluding hydrogens is 178 g/mol. The molecule has 1 heterocycles. The van der Waals surface area contributed by atoms with Crippen LogP contribution in [0.15, 0.2) is 12.4 Å². The molecule has 0 aliphatic heterocycles. The summed E-state index contributed by atoms with van der Waals surface area (Å²) in [4.78, 5) is 0. The SMILES string of the molecule is OC1CC(F)(F)CC1c1cn[nH]c1. The molecule has 1 aromatic rings. The third-order valence-electron chi connectivity index (χ3n) is 2.44. The van der Waals surface area contributed by atoms with Crippen molar-refractivity contribution in [2.45, 2.75) is 30.8 Å². The second-order valence-corrected chi connectivity index (χ2v) is 3.47. The van der Waals surface area contributed by atoms with E-state index in [4.69, 9.17) is 0 Å². The van der Waals surface area contributed by atoms with Crippen LogP contribution >= 0.6 is 0 Å². The Morgan fingerprint density at radius 1 is 1.54 bits per heavy atom. The molecule has 72 valence electrons. The molecule has 1 saturated carbocycles. The molecule has 3 nitrogen and oxygen atoms in total. The minimum absolute atomic E-state index is 0.284. The highest BCUT2D eigenvalue weighted by Crippen LogP contribution is 2.43. The molecular formula is C8H10F2N2O. The molecule has 0 amide bonds. The van der Waals surface area contributed by atoms with E-state index in [1.165, 1.54) is 6.20 Å². The van der Waals surface area contributed by atoms with Gasteiger partial charge in [-0.3, -0.25) is 5.10 Å². The van der Waals surface area contributed by atoms with Crippen molar-refractivity contribution < 1.29 is 13.9 Å². The van der Waals surface area contributed by atoms with Crippen LogP contribution in [0.3, 0.4) is 0 Å². The summed E-state index contributed by atoms with van der Waals surface area (Å²) in [5.74, 6) is -3.21. The minimum atomic E-state index is -2.73. The number of aliphatic hydroxyl groups excluding tert-OH is 1. The zero-order valence-corrected chi connectivity index (χ0v) is 6.87. The van der Waals surface area contributed by atoms with Crippen LogP contribution in [0.25, 0.3) is 0 Å². The van der Waals surface area contributed by atoms with E-state index in [1.807, 2.05) is 0 Å². The smallest absolute Gasteiger partial charge is 0.251 e. The van der Waals surface area contributed by atoms with Gasteiger partial charge in [0.2, 0.25) is 0 Å². The van der Waals surface area contributed by atoms with Gasteiger partial charge in [0.25, 0.3) is 5.92 Å². The lowest BCUT2D eigenvalue weighted by Crippen LogP contribution is -2.11. The van der Waals surface area contributed by atoms with E-state index < -0.39 is 24.4 Å². The van der Waals surface area contributed by atoms with Gasteiger partial charge >= 0.3 is 0 Å². The first kappa shape index (κ1) is 8.62. The van der Waals surface area contributed by atoms with Crippen LogP contribution in [0, 0.1) is 0 Å². The maximum Gasteiger partial charge on any atom is 0.251 e. The van der Waals surface area contributed by atoms with Crippen LogP contribution in [0.4, 0.5) is 8.78 Å². The molecule has 5 heteroatoms. The van der Waals surface area contributed by atoms with Crippen LogP contribution in [0.5, 0.6) is 0 Å². The van der Waals surface area contributed by atoms with E-state index in [0.717, 1.165) is 0 Å². The fourth-order valence-corrected chi connectivity index (χ4v) is 1.79. The van der Waals surface area contributed by atoms with Crippen LogP contribution < -0.4 is 0 Å². The number of rotatable bonds is 1. The van der Waals surface area contributed by atoms with Gasteiger partial charge in [-0.25, -0.2) is 8.78 Å². The lowest BCUT2D eigenvalue weighted by Gasteiger charge is -2.09. The number of alkyl halides is 2. The van der Waals surface area contributed by atoms with Gasteiger partial charge in [0.15, 0.2) is 0 Å². The van der Waals surface area contributed by atoms with Crippen molar-refractivity contribution in [3.63, 3.8) is 0 Å². The summed E-state index contributed by atoms with van der Waals surface area (Å²) in [5, 5.41) is 15.6. The molecule has 1 aliphatic rings. The number of hydrogen-bond donors (Lipinski definition) is 2. The molecule has 1 aromatic heterocycles. The summed E-state index contributed by atoms with van der Waals surface area (Å²) >= 11 is 0. The Labute approximate surface area is 73.8 Å². The quantitative estimate of drug-likeness (QED) is 0.697. The highest BCUT2D eigenvalue weighted by Gasteiger charge is 2.46. The van der Waals surface area contributed by atoms with Crippen molar-refractivity contribution in [3.8, 4) is 0 Å². The molecule has 1 aliphatic carbocycles. The molecule has 0 bridgehead atoms. The van der Waals surface area contributed by atoms with E-state index in [1.54, 1.807) is 6.20 Å². The molecule has 13 heavy (non-hydrogen) atoms. The van der Waals surface area contributed by atoms with Gasteiger partial charge in [0.1, 0.15) is 0 Å². The van der Waals surface area contributed by atoms with Gasteiger partial charge in [-0.2, -0.15) is 5.10 Å². The van der Waals surface area contributed by atoms with E-state index in [-0.39, 0.29) is 6.42 Å². The molecule has 2 unspecified atom stereocenters. The van der Waals surface area contributed by atoms with Crippen molar-refractivity contribution >= 4 is 0 Å². The predicted molar refractivity (Wildman–Crippen MR) is 41.5 cm³/mol. The van der Waals surface area contributed by atoms with Gasteiger partial charge in [-0.1, -0.05) is 0 Å². The van der Waals surface area contributed by atoms with Crippen LogP contribution in [0.1, 0.15) is 24.3 Å². The van der Waals surface area contributed by atoms with Gasteiger partial charge in [-0.05, 0) is 5.56 Å². The van der Waals surface area contributed by atoms with Crippen LogP contribution in [-0.4, -0.2) is 27.3 Å². The number of aromatic nitrogens is 2. The summed E-state index contributed by atoms with van der Waals surface area (Å²) in [6.07, 6.45) is 1.36.